The molecule has 0 bridgehead atoms. The van der Waals surface area contributed by atoms with Crippen LogP contribution in [0.15, 0.2) is 53.0 Å². The number of hydrogen-bond donors (Lipinski definition) is 0. The number of rotatable bonds is 6. The largest absolute Gasteiger partial charge is 0.461 e. The van der Waals surface area contributed by atoms with Crippen molar-refractivity contribution in [1.82, 2.24) is 0 Å². The summed E-state index contributed by atoms with van der Waals surface area (Å²) in [5.41, 5.74) is 1.94. The molecule has 0 unspecified atom stereocenters. The average molecular weight is 372 g/mol. The first kappa shape index (κ1) is 16.9. The lowest BCUT2D eigenvalue weighted by Gasteiger charge is -2.05. The van der Waals surface area contributed by atoms with Crippen LogP contribution >= 0.6 is 15.9 Å². The van der Waals surface area contributed by atoms with Crippen LogP contribution in [-0.4, -0.2) is 11.8 Å². The van der Waals surface area contributed by atoms with Gasteiger partial charge in [-0.3, -0.25) is 9.59 Å². The summed E-state index contributed by atoms with van der Waals surface area (Å²) in [6.45, 7) is 0.136. The van der Waals surface area contributed by atoms with E-state index >= 15 is 0 Å². The monoisotopic (exact) mass is 371 g/mol. The number of ether oxygens (including phenoxy) is 1. The van der Waals surface area contributed by atoms with Crippen molar-refractivity contribution in [3.8, 4) is 6.07 Å². The molecule has 0 saturated carbocycles. The van der Waals surface area contributed by atoms with Crippen LogP contribution in [0.2, 0.25) is 0 Å². The first-order chi connectivity index (χ1) is 11.1. The number of esters is 1. The molecule has 0 saturated heterocycles. The summed E-state index contributed by atoms with van der Waals surface area (Å²) in [7, 11) is 0. The summed E-state index contributed by atoms with van der Waals surface area (Å²) < 4.78 is 6.02. The third-order valence-corrected chi connectivity index (χ3v) is 3.73. The molecule has 0 radical (unpaired) electrons. The Kier molecular flexibility index (Phi) is 6.07. The standard InChI is InChI=1S/C18H14BrNO3/c19-16-7-5-15(6-8-16)17(21)9-10-18(22)23-12-14-3-1-13(11-20)2-4-14/h1-8H,9-10,12H2. The second kappa shape index (κ2) is 8.25. The molecular formula is C18H14BrNO3. The van der Waals surface area contributed by atoms with Crippen LogP contribution in [0.3, 0.4) is 0 Å². The molecule has 2 aromatic carbocycles. The highest BCUT2D eigenvalue weighted by Crippen LogP contribution is 2.13. The molecule has 23 heavy (non-hydrogen) atoms. The van der Waals surface area contributed by atoms with Gasteiger partial charge in [0, 0.05) is 16.5 Å². The molecule has 116 valence electrons. The van der Waals surface area contributed by atoms with Crippen molar-refractivity contribution >= 4 is 27.7 Å². The highest BCUT2D eigenvalue weighted by atomic mass is 79.9. The zero-order chi connectivity index (χ0) is 16.7. The Morgan fingerprint density at radius 1 is 1.00 bits per heavy atom. The molecule has 0 aliphatic heterocycles. The van der Waals surface area contributed by atoms with E-state index in [1.165, 1.54) is 0 Å². The minimum atomic E-state index is -0.417. The number of carbonyl (C=O) groups excluding carboxylic acids is 2. The Hall–Kier alpha value is -2.45. The van der Waals surface area contributed by atoms with Crippen LogP contribution in [0, 0.1) is 11.3 Å². The van der Waals surface area contributed by atoms with Gasteiger partial charge in [-0.1, -0.05) is 40.2 Å². The van der Waals surface area contributed by atoms with E-state index in [1.807, 2.05) is 6.07 Å². The van der Waals surface area contributed by atoms with E-state index in [1.54, 1.807) is 48.5 Å². The average Bonchev–Trinajstić information content (AvgIpc) is 2.59. The van der Waals surface area contributed by atoms with Gasteiger partial charge in [-0.2, -0.15) is 5.26 Å². The third-order valence-electron chi connectivity index (χ3n) is 3.21. The normalized spacial score (nSPS) is 9.91. The van der Waals surface area contributed by atoms with Crippen LogP contribution in [-0.2, 0) is 16.1 Å². The van der Waals surface area contributed by atoms with Gasteiger partial charge in [0.2, 0.25) is 0 Å². The third kappa shape index (κ3) is 5.35. The van der Waals surface area contributed by atoms with Crippen molar-refractivity contribution < 1.29 is 14.3 Å². The molecular weight excluding hydrogens is 358 g/mol. The lowest BCUT2D eigenvalue weighted by molar-refractivity contribution is -0.144. The summed E-state index contributed by atoms with van der Waals surface area (Å²) >= 11 is 3.31. The van der Waals surface area contributed by atoms with Gasteiger partial charge in [-0.05, 0) is 29.8 Å². The summed E-state index contributed by atoms with van der Waals surface area (Å²) in [6, 6.07) is 15.8. The van der Waals surface area contributed by atoms with Gasteiger partial charge in [-0.25, -0.2) is 0 Å². The first-order valence-electron chi connectivity index (χ1n) is 7.02. The molecule has 0 N–H and O–H groups in total. The van der Waals surface area contributed by atoms with E-state index in [-0.39, 0.29) is 25.2 Å². The predicted molar refractivity (Wildman–Crippen MR) is 88.7 cm³/mol. The topological polar surface area (TPSA) is 67.2 Å². The molecule has 2 aromatic rings. The maximum Gasteiger partial charge on any atom is 0.306 e. The fourth-order valence-electron chi connectivity index (χ4n) is 1.91. The molecule has 0 aromatic heterocycles. The Morgan fingerprint density at radius 2 is 1.65 bits per heavy atom. The van der Waals surface area contributed by atoms with E-state index < -0.39 is 5.97 Å². The smallest absolute Gasteiger partial charge is 0.306 e. The van der Waals surface area contributed by atoms with Crippen molar-refractivity contribution in [2.75, 3.05) is 0 Å². The number of nitrogens with zero attached hydrogens (tertiary/aromatic N) is 1. The molecule has 0 aliphatic rings. The minimum absolute atomic E-state index is 0.0468. The molecule has 4 nitrogen and oxygen atoms in total. The second-order valence-corrected chi connectivity index (χ2v) is 5.82. The Morgan fingerprint density at radius 3 is 2.26 bits per heavy atom. The minimum Gasteiger partial charge on any atom is -0.461 e. The molecule has 0 amide bonds. The highest BCUT2D eigenvalue weighted by Gasteiger charge is 2.10. The molecule has 0 heterocycles. The second-order valence-electron chi connectivity index (χ2n) is 4.90. The molecule has 0 aliphatic carbocycles. The van der Waals surface area contributed by atoms with Crippen molar-refractivity contribution in [1.29, 1.82) is 5.26 Å². The number of Topliss-reactive ketones (excluding diaryl/α,β-unsaturated/α-hetero) is 1. The number of nitriles is 1. The van der Waals surface area contributed by atoms with Gasteiger partial charge in [0.1, 0.15) is 6.61 Å². The summed E-state index contributed by atoms with van der Waals surface area (Å²) in [5, 5.41) is 8.71. The van der Waals surface area contributed by atoms with E-state index in [9.17, 15) is 9.59 Å². The maximum atomic E-state index is 12.0. The van der Waals surface area contributed by atoms with Crippen LogP contribution < -0.4 is 0 Å². The van der Waals surface area contributed by atoms with Gasteiger partial charge in [-0.15, -0.1) is 0 Å². The van der Waals surface area contributed by atoms with Crippen molar-refractivity contribution in [2.45, 2.75) is 19.4 Å². The Balaban J connectivity index is 1.77. The number of halogens is 1. The van der Waals surface area contributed by atoms with E-state index in [0.29, 0.717) is 11.1 Å². The van der Waals surface area contributed by atoms with Crippen LogP contribution in [0.1, 0.15) is 34.3 Å². The number of carbonyl (C=O) groups is 2. The van der Waals surface area contributed by atoms with Crippen LogP contribution in [0.25, 0.3) is 0 Å². The van der Waals surface area contributed by atoms with E-state index in [4.69, 9.17) is 10.00 Å². The first-order valence-corrected chi connectivity index (χ1v) is 7.81. The van der Waals surface area contributed by atoms with Gasteiger partial charge in [0.05, 0.1) is 18.1 Å². The molecule has 0 fully saturated rings. The van der Waals surface area contributed by atoms with Gasteiger partial charge in [0.15, 0.2) is 5.78 Å². The number of benzene rings is 2. The molecule has 0 atom stereocenters. The molecule has 5 heteroatoms. The lowest BCUT2D eigenvalue weighted by Crippen LogP contribution is -2.08. The molecule has 0 spiro atoms. The van der Waals surface area contributed by atoms with Gasteiger partial charge >= 0.3 is 5.97 Å². The van der Waals surface area contributed by atoms with Crippen LogP contribution in [0.4, 0.5) is 0 Å². The van der Waals surface area contributed by atoms with Gasteiger partial charge in [0.25, 0.3) is 0 Å². The summed E-state index contributed by atoms with van der Waals surface area (Å²) in [6.07, 6.45) is 0.166. The SMILES string of the molecule is N#Cc1ccc(COC(=O)CCC(=O)c2ccc(Br)cc2)cc1. The zero-order valence-electron chi connectivity index (χ0n) is 12.3. The Bertz CT molecular complexity index is 730. The highest BCUT2D eigenvalue weighted by molar-refractivity contribution is 9.10. The van der Waals surface area contributed by atoms with Gasteiger partial charge < -0.3 is 4.74 Å². The summed E-state index contributed by atoms with van der Waals surface area (Å²) in [5.74, 6) is -0.507. The summed E-state index contributed by atoms with van der Waals surface area (Å²) in [4.78, 5) is 23.6. The van der Waals surface area contributed by atoms with E-state index in [0.717, 1.165) is 10.0 Å². The molecule has 2 rings (SSSR count). The van der Waals surface area contributed by atoms with Crippen LogP contribution in [0.5, 0.6) is 0 Å². The van der Waals surface area contributed by atoms with E-state index in [2.05, 4.69) is 15.9 Å². The maximum absolute atomic E-state index is 12.0. The quantitative estimate of drug-likeness (QED) is 0.567. The predicted octanol–water partition coefficient (Wildman–Crippen LogP) is 4.03. The number of ketones is 1. The fourth-order valence-corrected chi connectivity index (χ4v) is 2.17. The lowest BCUT2D eigenvalue weighted by atomic mass is 10.1. The van der Waals surface area contributed by atoms with Crippen molar-refractivity contribution in [3.63, 3.8) is 0 Å². The van der Waals surface area contributed by atoms with Crippen molar-refractivity contribution in [2.24, 2.45) is 0 Å². The Labute approximate surface area is 142 Å². The fraction of sp³-hybridized carbons (Fsp3) is 0.167. The zero-order valence-corrected chi connectivity index (χ0v) is 13.9. The number of hydrogen-bond acceptors (Lipinski definition) is 4. The van der Waals surface area contributed by atoms with Crippen molar-refractivity contribution in [3.05, 3.63) is 69.7 Å².